The number of ketones is 1. The van der Waals surface area contributed by atoms with Gasteiger partial charge in [0.15, 0.2) is 5.78 Å². The van der Waals surface area contributed by atoms with Gasteiger partial charge in [0.25, 0.3) is 5.69 Å². The maximum atomic E-state index is 13.4. The topological polar surface area (TPSA) is 72.2 Å². The average Bonchev–Trinajstić information content (AvgIpc) is 2.76. The van der Waals surface area contributed by atoms with Crippen LogP contribution in [0, 0.1) is 15.5 Å². The molecule has 1 aliphatic heterocycles. The average molecular weight is 425 g/mol. The van der Waals surface area contributed by atoms with E-state index in [0.29, 0.717) is 12.0 Å². The highest BCUT2D eigenvalue weighted by Crippen LogP contribution is 2.48. The summed E-state index contributed by atoms with van der Waals surface area (Å²) in [6.45, 7) is 4.24. The van der Waals surface area contributed by atoms with Gasteiger partial charge < -0.3 is 5.32 Å². The van der Waals surface area contributed by atoms with Crippen molar-refractivity contribution in [3.63, 3.8) is 0 Å². The van der Waals surface area contributed by atoms with Crippen LogP contribution in [-0.2, 0) is 4.79 Å². The van der Waals surface area contributed by atoms with Crippen molar-refractivity contribution in [1.29, 1.82) is 0 Å². The van der Waals surface area contributed by atoms with Crippen molar-refractivity contribution < 1.29 is 9.72 Å². The Morgan fingerprint density at radius 3 is 2.59 bits per heavy atom. The van der Waals surface area contributed by atoms with Gasteiger partial charge in [-0.15, -0.1) is 0 Å². The highest BCUT2D eigenvalue weighted by Gasteiger charge is 2.39. The molecule has 5 heteroatoms. The fourth-order valence-corrected chi connectivity index (χ4v) is 5.01. The maximum absolute atomic E-state index is 13.4. The van der Waals surface area contributed by atoms with E-state index in [4.69, 9.17) is 0 Å². The molecule has 0 spiro atoms. The minimum atomic E-state index is -0.368. The molecule has 0 unspecified atom stereocenters. The molecule has 3 aromatic rings. The number of nitro groups is 1. The highest BCUT2D eigenvalue weighted by atomic mass is 16.6. The third-order valence-electron chi connectivity index (χ3n) is 6.38. The fourth-order valence-electron chi connectivity index (χ4n) is 5.01. The smallest absolute Gasteiger partial charge is 0.276 e. The molecule has 0 fully saturated rings. The zero-order valence-corrected chi connectivity index (χ0v) is 18.1. The van der Waals surface area contributed by atoms with Gasteiger partial charge in [-0.05, 0) is 46.4 Å². The van der Waals surface area contributed by atoms with E-state index in [0.717, 1.165) is 39.6 Å². The van der Waals surface area contributed by atoms with Crippen LogP contribution >= 0.6 is 0 Å². The van der Waals surface area contributed by atoms with Crippen LogP contribution in [-0.4, -0.2) is 16.7 Å². The van der Waals surface area contributed by atoms with Gasteiger partial charge in [0.05, 0.1) is 16.5 Å². The lowest BCUT2D eigenvalue weighted by atomic mass is 9.68. The molecule has 0 saturated heterocycles. The first kappa shape index (κ1) is 20.2. The van der Waals surface area contributed by atoms with Crippen LogP contribution in [0.25, 0.3) is 22.4 Å². The summed E-state index contributed by atoms with van der Waals surface area (Å²) < 4.78 is 0. The van der Waals surface area contributed by atoms with Gasteiger partial charge in [0, 0.05) is 29.3 Å². The van der Waals surface area contributed by atoms with Gasteiger partial charge in [0.2, 0.25) is 0 Å². The number of Topliss-reactive ketones (excluding diaryl/α,β-unsaturated/α-hetero) is 1. The molecule has 0 saturated carbocycles. The summed E-state index contributed by atoms with van der Waals surface area (Å²) in [4.78, 5) is 24.5. The minimum absolute atomic E-state index is 0.0696. The number of para-hydroxylation sites is 1. The summed E-state index contributed by atoms with van der Waals surface area (Å²) in [5, 5.41) is 17.2. The summed E-state index contributed by atoms with van der Waals surface area (Å²) in [5.41, 5.74) is 4.26. The normalized spacial score (nSPS) is 19.6. The van der Waals surface area contributed by atoms with Gasteiger partial charge in [-0.3, -0.25) is 14.9 Å². The molecule has 3 aromatic carbocycles. The maximum Gasteiger partial charge on any atom is 0.276 e. The van der Waals surface area contributed by atoms with Gasteiger partial charge in [0.1, 0.15) is 0 Å². The number of hydrogen-bond acceptors (Lipinski definition) is 4. The van der Waals surface area contributed by atoms with E-state index >= 15 is 0 Å². The summed E-state index contributed by atoms with van der Waals surface area (Å²) >= 11 is 0. The second kappa shape index (κ2) is 7.45. The minimum Gasteiger partial charge on any atom is -0.375 e. The van der Waals surface area contributed by atoms with Gasteiger partial charge in [-0.25, -0.2) is 0 Å². The van der Waals surface area contributed by atoms with E-state index in [1.54, 1.807) is 24.3 Å². The first-order chi connectivity index (χ1) is 15.3. The lowest BCUT2D eigenvalue weighted by Gasteiger charge is -2.39. The number of allylic oxidation sites excluding steroid dienone is 1. The molecule has 5 rings (SSSR count). The Bertz CT molecular complexity index is 1330. The number of rotatable bonds is 3. The van der Waals surface area contributed by atoms with Crippen LogP contribution < -0.4 is 5.32 Å². The standard InChI is InChI=1S/C27H24N2O3/c1-27(2)15-20-21(13-12-18-8-4-6-10-23(18)29(31)32)28-22-14-11-17-7-3-5-9-19(17)25(22)26(20)24(30)16-27/h3-14,21,28H,15-16H2,1-2H3/b13-12+/t21-/m0/s1. The Hall–Kier alpha value is -3.73. The molecule has 1 heterocycles. The van der Waals surface area contributed by atoms with Crippen LogP contribution in [0.15, 0.2) is 72.3 Å². The van der Waals surface area contributed by atoms with Crippen LogP contribution in [0.3, 0.4) is 0 Å². The number of anilines is 1. The number of nitrogens with zero attached hydrogens (tertiary/aromatic N) is 1. The molecule has 0 aromatic heterocycles. The van der Waals surface area contributed by atoms with Crippen molar-refractivity contribution in [1.82, 2.24) is 0 Å². The third-order valence-corrected chi connectivity index (χ3v) is 6.38. The Balaban J connectivity index is 1.67. The molecule has 32 heavy (non-hydrogen) atoms. The number of benzene rings is 3. The molecule has 1 atom stereocenters. The van der Waals surface area contributed by atoms with E-state index in [2.05, 4.69) is 37.4 Å². The number of hydrogen-bond donors (Lipinski definition) is 1. The molecule has 0 amide bonds. The molecular weight excluding hydrogens is 400 g/mol. The van der Waals surface area contributed by atoms with Crippen LogP contribution in [0.1, 0.15) is 37.8 Å². The molecule has 160 valence electrons. The van der Waals surface area contributed by atoms with E-state index in [9.17, 15) is 14.9 Å². The van der Waals surface area contributed by atoms with Crippen LogP contribution in [0.5, 0.6) is 0 Å². The number of carbonyl (C=O) groups is 1. The summed E-state index contributed by atoms with van der Waals surface area (Å²) in [7, 11) is 0. The van der Waals surface area contributed by atoms with Crippen LogP contribution in [0.4, 0.5) is 11.4 Å². The van der Waals surface area contributed by atoms with Crippen molar-refractivity contribution in [3.8, 4) is 0 Å². The predicted molar refractivity (Wildman–Crippen MR) is 128 cm³/mol. The van der Waals surface area contributed by atoms with E-state index < -0.39 is 0 Å². The Labute approximate surface area is 186 Å². The molecule has 5 nitrogen and oxygen atoms in total. The Morgan fingerprint density at radius 2 is 1.78 bits per heavy atom. The monoisotopic (exact) mass is 424 g/mol. The van der Waals surface area contributed by atoms with Crippen LogP contribution in [0.2, 0.25) is 0 Å². The largest absolute Gasteiger partial charge is 0.375 e. The Morgan fingerprint density at radius 1 is 1.03 bits per heavy atom. The highest BCUT2D eigenvalue weighted by molar-refractivity contribution is 6.28. The summed E-state index contributed by atoms with van der Waals surface area (Å²) in [5.74, 6) is 0.166. The van der Waals surface area contributed by atoms with E-state index in [1.165, 1.54) is 6.07 Å². The lowest BCUT2D eigenvalue weighted by molar-refractivity contribution is -0.385. The zero-order valence-electron chi connectivity index (χ0n) is 18.1. The van der Waals surface area contributed by atoms with Crippen molar-refractivity contribution in [2.24, 2.45) is 5.41 Å². The molecule has 0 radical (unpaired) electrons. The Kier molecular flexibility index (Phi) is 4.70. The van der Waals surface area contributed by atoms with Crippen molar-refractivity contribution in [2.75, 3.05) is 5.32 Å². The van der Waals surface area contributed by atoms with E-state index in [-0.39, 0.29) is 27.9 Å². The fraction of sp³-hybridized carbons (Fsp3) is 0.222. The van der Waals surface area contributed by atoms with Crippen molar-refractivity contribution in [2.45, 2.75) is 32.7 Å². The quantitative estimate of drug-likeness (QED) is 0.390. The summed E-state index contributed by atoms with van der Waals surface area (Å²) in [6, 6.07) is 18.7. The zero-order chi connectivity index (χ0) is 22.5. The van der Waals surface area contributed by atoms with Crippen molar-refractivity contribution >= 4 is 39.6 Å². The van der Waals surface area contributed by atoms with E-state index in [1.807, 2.05) is 24.3 Å². The summed E-state index contributed by atoms with van der Waals surface area (Å²) in [6.07, 6.45) is 5.04. The first-order valence-electron chi connectivity index (χ1n) is 10.8. The number of fused-ring (bicyclic) bond motifs is 4. The molecule has 2 aliphatic rings. The number of nitrogens with one attached hydrogen (secondary N) is 1. The lowest BCUT2D eigenvalue weighted by Crippen LogP contribution is -2.35. The van der Waals surface area contributed by atoms with Gasteiger partial charge in [-0.1, -0.05) is 62.4 Å². The second-order valence-corrected chi connectivity index (χ2v) is 9.35. The number of carbonyl (C=O) groups excluding carboxylic acids is 1. The first-order valence-corrected chi connectivity index (χ1v) is 10.8. The SMILES string of the molecule is CC1(C)CC(=O)C2=C(C1)[C@H](/C=C/c1ccccc1[N+](=O)[O-])Nc1ccc3ccccc3c12. The predicted octanol–water partition coefficient (Wildman–Crippen LogP) is 6.40. The molecule has 1 N–H and O–H groups in total. The molecular formula is C27H24N2O3. The van der Waals surface area contributed by atoms with Crippen molar-refractivity contribution in [3.05, 3.63) is 93.6 Å². The number of nitro benzene ring substituents is 1. The molecule has 1 aliphatic carbocycles. The second-order valence-electron chi connectivity index (χ2n) is 9.35. The van der Waals surface area contributed by atoms with Gasteiger partial charge >= 0.3 is 0 Å². The third kappa shape index (κ3) is 3.40. The molecule has 0 bridgehead atoms. The van der Waals surface area contributed by atoms with Gasteiger partial charge in [-0.2, -0.15) is 0 Å².